The minimum Gasteiger partial charge on any atom is -0.477 e. The lowest BCUT2D eigenvalue weighted by Gasteiger charge is -2.22. The second-order valence-electron chi connectivity index (χ2n) is 35.3. The van der Waals surface area contributed by atoms with Crippen LogP contribution in [0.4, 0.5) is 76.5 Å². The molecule has 7 aromatic heterocycles. The number of hydrogen-bond acceptors (Lipinski definition) is 32. The number of carbonyl (C=O) groups excluding carboxylic acids is 8. The van der Waals surface area contributed by atoms with E-state index in [9.17, 15) is 38.4 Å². The van der Waals surface area contributed by atoms with Crippen LogP contribution in [0.3, 0.4) is 0 Å². The van der Waals surface area contributed by atoms with Crippen LogP contribution in [0.2, 0.25) is 0 Å². The molecular weight excluding hydrogens is 1900 g/mol. The number of rotatable bonds is 28. The Kier molecular flexibility index (Phi) is 40.0. The summed E-state index contributed by atoms with van der Waals surface area (Å²) in [7, 11) is 0. The van der Waals surface area contributed by atoms with Gasteiger partial charge in [-0.3, -0.25) is 59.6 Å². The molecule has 0 atom stereocenters. The van der Waals surface area contributed by atoms with Crippen LogP contribution in [0.15, 0.2) is 237 Å². The average Bonchev–Trinajstić information content (AvgIpc) is 0.795. The van der Waals surface area contributed by atoms with Gasteiger partial charge in [-0.15, -0.1) is 0 Å². The Morgan fingerprint density at radius 2 is 0.707 bits per heavy atom. The van der Waals surface area contributed by atoms with Crippen molar-refractivity contribution < 1.29 is 52.6 Å². The molecule has 15 aromatic rings. The Morgan fingerprint density at radius 3 is 1.13 bits per heavy atom. The topological polar surface area (TPSA) is 588 Å². The van der Waals surface area contributed by atoms with Crippen LogP contribution in [0.5, 0.6) is 17.6 Å². The fourth-order valence-corrected chi connectivity index (χ4v) is 15.6. The Morgan fingerprint density at radius 1 is 0.333 bits per heavy atom. The van der Waals surface area contributed by atoms with Crippen LogP contribution >= 0.6 is 0 Å². The molecule has 8 aromatic carbocycles. The maximum absolute atomic E-state index is 12.8. The van der Waals surface area contributed by atoms with E-state index < -0.39 is 17.7 Å². The number of amides is 7. The molecule has 39 heteroatoms. The molecule has 1 saturated carbocycles. The van der Waals surface area contributed by atoms with Gasteiger partial charge in [-0.05, 0) is 216 Å². The van der Waals surface area contributed by atoms with Gasteiger partial charge >= 0.3 is 0 Å². The molecular formula is C111H122N28O11. The van der Waals surface area contributed by atoms with Crippen molar-refractivity contribution in [3.63, 3.8) is 0 Å². The molecule has 2 aliphatic rings. The van der Waals surface area contributed by atoms with Crippen LogP contribution < -0.4 is 85.8 Å². The van der Waals surface area contributed by atoms with Crippen LogP contribution in [-0.2, 0) is 19.4 Å². The summed E-state index contributed by atoms with van der Waals surface area (Å²) in [5.74, 6) is 0.978. The number of carbonyl (C=O) groups is 8. The molecule has 150 heavy (non-hydrogen) atoms. The highest BCUT2D eigenvalue weighted by Crippen LogP contribution is 2.32. The van der Waals surface area contributed by atoms with Gasteiger partial charge in [0.05, 0.1) is 12.3 Å². The second-order valence-corrected chi connectivity index (χ2v) is 35.3. The Hall–Kier alpha value is -18.6. The SMILES string of the molecule is CCN(CC)CCOc1cc(N)nc(N)n1.Cc1cc(C)nc(NC(=O)c2cccc(C(=O)Nc3nc(C)cc(C)n3)c2)n1.Cc1cccc(C(=O)Nc2cc(NC(=O)c3cccc(C)c3)nc(NC(=O)c3cccc(C)c3)n2)c1.Cc1cccc(C(=O)Nc2nc3c(c(NC(=O)c4cccc(C)c4)n2)CCCC3)c1.Nc1cc(OCc2ccccc2)nc(N)n1.Nc1nc(N)c(C(=O)c2ccccc2)c(OCC2CCCCC2)n1. The van der Waals surface area contributed by atoms with E-state index in [-0.39, 0.29) is 99.9 Å². The van der Waals surface area contributed by atoms with E-state index in [0.717, 1.165) is 126 Å². The number of benzene rings is 8. The summed E-state index contributed by atoms with van der Waals surface area (Å²) in [4.78, 5) is 162. The number of nitrogens with two attached hydrogens (primary N) is 6. The number of aryl methyl sites for hydroxylation is 10. The lowest BCUT2D eigenvalue weighted by atomic mass is 9.90. The summed E-state index contributed by atoms with van der Waals surface area (Å²) < 4.78 is 16.7. The number of fused-ring (bicyclic) bond motifs is 1. The number of anilines is 13. The van der Waals surface area contributed by atoms with Crippen LogP contribution in [0.25, 0.3) is 0 Å². The van der Waals surface area contributed by atoms with Crippen molar-refractivity contribution in [1.29, 1.82) is 0 Å². The molecule has 39 nitrogen and oxygen atoms in total. The van der Waals surface area contributed by atoms with Crippen molar-refractivity contribution in [2.75, 3.05) is 104 Å². The molecule has 0 saturated heterocycles. The summed E-state index contributed by atoms with van der Waals surface area (Å²) in [6.45, 7) is 25.5. The summed E-state index contributed by atoms with van der Waals surface area (Å²) >= 11 is 0. The third kappa shape index (κ3) is 34.6. The normalized spacial score (nSPS) is 11.6. The van der Waals surface area contributed by atoms with Crippen molar-refractivity contribution in [2.45, 2.75) is 141 Å². The molecule has 7 amide bonds. The molecule has 1 fully saturated rings. The van der Waals surface area contributed by atoms with E-state index in [1.54, 1.807) is 121 Å². The zero-order valence-electron chi connectivity index (χ0n) is 85.4. The van der Waals surface area contributed by atoms with Gasteiger partial charge in [-0.25, -0.2) is 24.9 Å². The smallest absolute Gasteiger partial charge is 0.258 e. The first-order valence-corrected chi connectivity index (χ1v) is 48.6. The van der Waals surface area contributed by atoms with E-state index >= 15 is 0 Å². The Bertz CT molecular complexity index is 6930. The number of aromatic nitrogens is 14. The molecule has 0 radical (unpaired) electrons. The van der Waals surface area contributed by atoms with Gasteiger partial charge in [0.15, 0.2) is 0 Å². The molecule has 19 N–H and O–H groups in total. The molecule has 0 aliphatic heterocycles. The number of ketones is 1. The minimum absolute atomic E-state index is 0.00996. The Balaban J connectivity index is 0.000000163. The highest BCUT2D eigenvalue weighted by Gasteiger charge is 2.27. The van der Waals surface area contributed by atoms with Crippen LogP contribution in [-0.4, -0.2) is 155 Å². The molecule has 0 unspecified atom stereocenters. The lowest BCUT2D eigenvalue weighted by Crippen LogP contribution is -2.28. The minimum atomic E-state index is -0.420. The number of likely N-dealkylation sites (N-methyl/N-ethyl adjacent to an activating group) is 1. The van der Waals surface area contributed by atoms with Crippen LogP contribution in [0.1, 0.15) is 215 Å². The van der Waals surface area contributed by atoms with E-state index in [1.165, 1.54) is 31.4 Å². The molecule has 2 aliphatic carbocycles. The second kappa shape index (κ2) is 54.4. The summed E-state index contributed by atoms with van der Waals surface area (Å²) in [6, 6.07) is 69.2. The highest BCUT2D eigenvalue weighted by molar-refractivity contribution is 6.14. The zero-order chi connectivity index (χ0) is 107. The number of nitrogens with zero attached hydrogens (tertiary/aromatic N) is 15. The summed E-state index contributed by atoms with van der Waals surface area (Å²) in [5.41, 5.74) is 48.0. The maximum atomic E-state index is 12.8. The fourth-order valence-electron chi connectivity index (χ4n) is 15.6. The van der Waals surface area contributed by atoms with Gasteiger partial charge in [0.1, 0.15) is 53.7 Å². The van der Waals surface area contributed by atoms with Gasteiger partial charge in [-0.2, -0.15) is 44.9 Å². The summed E-state index contributed by atoms with van der Waals surface area (Å²) in [5, 5.41) is 19.1. The van der Waals surface area contributed by atoms with Crippen molar-refractivity contribution in [3.8, 4) is 17.6 Å². The van der Waals surface area contributed by atoms with Gasteiger partial charge in [0.2, 0.25) is 65.1 Å². The quantitative estimate of drug-likeness (QED) is 0.0203. The Labute approximate surface area is 868 Å². The first kappa shape index (κ1) is 110. The predicted octanol–water partition coefficient (Wildman–Crippen LogP) is 17.1. The molecule has 0 spiro atoms. The van der Waals surface area contributed by atoms with Gasteiger partial charge in [0, 0.05) is 97.6 Å². The van der Waals surface area contributed by atoms with Crippen molar-refractivity contribution in [2.24, 2.45) is 5.92 Å². The van der Waals surface area contributed by atoms with E-state index in [4.69, 9.17) is 48.6 Å². The van der Waals surface area contributed by atoms with E-state index in [1.807, 2.05) is 165 Å². The number of nitrogen functional groups attached to an aromatic ring is 6. The maximum Gasteiger partial charge on any atom is 0.258 e. The van der Waals surface area contributed by atoms with Gasteiger partial charge in [0.25, 0.3) is 41.4 Å². The molecule has 0 bridgehead atoms. The molecule has 17 rings (SSSR count). The first-order chi connectivity index (χ1) is 72.1. The largest absolute Gasteiger partial charge is 0.477 e. The average molecular weight is 2020 g/mol. The van der Waals surface area contributed by atoms with E-state index in [0.29, 0.717) is 99.5 Å². The monoisotopic (exact) mass is 2020 g/mol. The number of ether oxygens (including phenoxy) is 3. The highest BCUT2D eigenvalue weighted by atomic mass is 16.5. The van der Waals surface area contributed by atoms with E-state index in [2.05, 4.69) is 126 Å². The fraction of sp³-hybridized carbons (Fsp3) is 0.243. The van der Waals surface area contributed by atoms with Crippen molar-refractivity contribution in [3.05, 3.63) is 354 Å². The van der Waals surface area contributed by atoms with Gasteiger partial charge < -0.3 is 69.5 Å². The third-order valence-electron chi connectivity index (χ3n) is 22.9. The third-order valence-corrected chi connectivity index (χ3v) is 22.9. The van der Waals surface area contributed by atoms with Gasteiger partial charge in [-0.1, -0.05) is 188 Å². The standard InChI is InChI=1S/C28H25N5O3.C24H24N4O2.C20H20N6O2.C18H22N4O2.C11H12N4O.C10H19N5O/c1-17-7-4-10-20(13-17)25(34)29-23-16-24(30-26(35)21-11-5-8-18(2)14-21)32-28(31-23)33-27(36)22-12-6-9-19(3)15-22;1-15-7-5-9-17(13-15)22(29)26-21-19-11-3-4-12-20(19)25-24(27-21)28-23(30)18-10-6-8-16(2)14-18;1-11-8-12(2)22-19(21-11)25-17(27)15-6-5-7-16(10-15)18(28)26-20-23-13(3)9-14(4)24-20;19-16-14(15(23)13-9-5-2-6-10-13)17(22-18(20)21-16)24-11-12-7-3-1-4-8-12;12-9-6-10(15-11(13)14-9)16-7-8-4-2-1-3-5-8;1-3-15(4-2)5-6-16-9-7-8(11)13-10(12)14-9/h4-16H,1-3H3,(H3,29,30,31,32,33,34,35,36);5-10,13-14H,3-4,11-12H2,1-2H3,(H2,25,26,27,28,29,30);5-10H,1-4H3,(H,21,22,25,27)(H,23,24,26,28);2,5-6,9-10,12H,1,3-4,7-8,11H2,(H4,19,20,21,22);1-6H,7H2,(H4,12,13,14,15);7H,3-6H2,1-2H3,(H4,11,12,13,14). The number of nitrogens with one attached hydrogen (secondary N) is 7. The molecule has 772 valence electrons. The lowest BCUT2D eigenvalue weighted by molar-refractivity contribution is 0.101. The number of hydrogen-bond donors (Lipinski definition) is 13. The van der Waals surface area contributed by atoms with Crippen LogP contribution in [0, 0.1) is 68.2 Å². The first-order valence-electron chi connectivity index (χ1n) is 48.6. The zero-order valence-corrected chi connectivity index (χ0v) is 85.4. The molecule has 7 heterocycles. The predicted molar refractivity (Wildman–Crippen MR) is 580 cm³/mol. The summed E-state index contributed by atoms with van der Waals surface area (Å²) in [6.07, 6.45) is 9.66. The van der Waals surface area contributed by atoms with Crippen molar-refractivity contribution in [1.82, 2.24) is 74.7 Å². The van der Waals surface area contributed by atoms with Crippen molar-refractivity contribution >= 4 is 124 Å².